The SMILES string of the molecule is CCN(Cc1cccc(NC(=O)c2nn(-c3ccc(C)cc3C)nc2C)c1)C(C)=O. The molecule has 0 spiro atoms. The van der Waals surface area contributed by atoms with Crippen LogP contribution in [0, 0.1) is 20.8 Å². The molecule has 0 aliphatic carbocycles. The molecular weight excluding hydrogens is 378 g/mol. The third-order valence-corrected chi connectivity index (χ3v) is 4.95. The van der Waals surface area contributed by atoms with Gasteiger partial charge in [-0.1, -0.05) is 29.8 Å². The summed E-state index contributed by atoms with van der Waals surface area (Å²) in [5.74, 6) is -0.301. The molecule has 3 rings (SSSR count). The van der Waals surface area contributed by atoms with E-state index in [1.54, 1.807) is 18.7 Å². The number of nitrogens with one attached hydrogen (secondary N) is 1. The van der Waals surface area contributed by atoms with Gasteiger partial charge in [0.25, 0.3) is 5.91 Å². The van der Waals surface area contributed by atoms with Gasteiger partial charge in [-0.2, -0.15) is 9.90 Å². The van der Waals surface area contributed by atoms with E-state index in [0.717, 1.165) is 22.4 Å². The fourth-order valence-corrected chi connectivity index (χ4v) is 3.33. The van der Waals surface area contributed by atoms with Gasteiger partial charge in [0.2, 0.25) is 5.91 Å². The summed E-state index contributed by atoms with van der Waals surface area (Å²) in [4.78, 5) is 27.7. The van der Waals surface area contributed by atoms with Crippen molar-refractivity contribution >= 4 is 17.5 Å². The molecule has 0 aliphatic rings. The van der Waals surface area contributed by atoms with Crippen LogP contribution in [0.4, 0.5) is 5.69 Å². The van der Waals surface area contributed by atoms with Crippen LogP contribution in [0.15, 0.2) is 42.5 Å². The van der Waals surface area contributed by atoms with Crippen LogP contribution in [-0.4, -0.2) is 38.3 Å². The minimum atomic E-state index is -0.320. The van der Waals surface area contributed by atoms with Gasteiger partial charge in [-0.3, -0.25) is 9.59 Å². The Morgan fingerprint density at radius 2 is 1.83 bits per heavy atom. The van der Waals surface area contributed by atoms with E-state index in [2.05, 4.69) is 21.6 Å². The van der Waals surface area contributed by atoms with E-state index in [-0.39, 0.29) is 17.5 Å². The molecule has 7 nitrogen and oxygen atoms in total. The zero-order valence-corrected chi connectivity index (χ0v) is 18.1. The normalized spacial score (nSPS) is 10.7. The maximum Gasteiger partial charge on any atom is 0.278 e. The number of carbonyl (C=O) groups is 2. The summed E-state index contributed by atoms with van der Waals surface area (Å²) in [5.41, 5.74) is 5.46. The predicted octanol–water partition coefficient (Wildman–Crippen LogP) is 3.81. The summed E-state index contributed by atoms with van der Waals surface area (Å²) in [6, 6.07) is 13.5. The number of nitrogens with zero attached hydrogens (tertiary/aromatic N) is 4. The number of amides is 2. The number of anilines is 1. The largest absolute Gasteiger partial charge is 0.339 e. The molecule has 3 aromatic rings. The van der Waals surface area contributed by atoms with E-state index in [1.165, 1.54) is 4.80 Å². The molecule has 0 saturated carbocycles. The number of rotatable bonds is 6. The summed E-state index contributed by atoms with van der Waals surface area (Å²) >= 11 is 0. The minimum absolute atomic E-state index is 0.0191. The Hall–Kier alpha value is -3.48. The molecule has 156 valence electrons. The Morgan fingerprint density at radius 3 is 2.50 bits per heavy atom. The number of hydrogen-bond acceptors (Lipinski definition) is 4. The van der Waals surface area contributed by atoms with Gasteiger partial charge in [0, 0.05) is 25.7 Å². The topological polar surface area (TPSA) is 80.1 Å². The highest BCUT2D eigenvalue weighted by molar-refractivity contribution is 6.03. The second kappa shape index (κ2) is 8.90. The standard InChI is InChI=1S/C23H27N5O2/c1-6-27(18(5)29)14-19-8-7-9-20(13-19)24-23(30)22-17(4)25-28(26-22)21-11-10-15(2)12-16(21)3/h7-13H,6,14H2,1-5H3,(H,24,30). The Morgan fingerprint density at radius 1 is 1.07 bits per heavy atom. The van der Waals surface area contributed by atoms with Gasteiger partial charge in [-0.25, -0.2) is 0 Å². The second-order valence-electron chi connectivity index (χ2n) is 7.40. The molecule has 0 radical (unpaired) electrons. The van der Waals surface area contributed by atoms with Crippen LogP contribution in [0.1, 0.15) is 46.7 Å². The van der Waals surface area contributed by atoms with E-state index in [0.29, 0.717) is 24.5 Å². The number of aryl methyl sites for hydroxylation is 3. The van der Waals surface area contributed by atoms with Crippen molar-refractivity contribution in [3.8, 4) is 5.69 Å². The molecule has 0 saturated heterocycles. The van der Waals surface area contributed by atoms with Crippen molar-refractivity contribution in [2.45, 2.75) is 41.2 Å². The Kier molecular flexibility index (Phi) is 6.30. The highest BCUT2D eigenvalue weighted by atomic mass is 16.2. The van der Waals surface area contributed by atoms with Crippen molar-refractivity contribution < 1.29 is 9.59 Å². The Labute approximate surface area is 176 Å². The fourth-order valence-electron chi connectivity index (χ4n) is 3.33. The van der Waals surface area contributed by atoms with Gasteiger partial charge in [-0.05, 0) is 57.0 Å². The maximum absolute atomic E-state index is 12.8. The molecule has 2 amide bonds. The minimum Gasteiger partial charge on any atom is -0.339 e. The van der Waals surface area contributed by atoms with Crippen LogP contribution in [0.2, 0.25) is 0 Å². The average Bonchev–Trinajstić information content (AvgIpc) is 3.07. The van der Waals surface area contributed by atoms with Crippen molar-refractivity contribution in [1.82, 2.24) is 19.9 Å². The van der Waals surface area contributed by atoms with Crippen molar-refractivity contribution in [3.05, 3.63) is 70.5 Å². The molecule has 1 heterocycles. The highest BCUT2D eigenvalue weighted by Crippen LogP contribution is 2.17. The third-order valence-electron chi connectivity index (χ3n) is 4.95. The van der Waals surface area contributed by atoms with Gasteiger partial charge in [0.15, 0.2) is 5.69 Å². The number of aromatic nitrogens is 3. The molecule has 0 aliphatic heterocycles. The molecule has 30 heavy (non-hydrogen) atoms. The Bertz CT molecular complexity index is 1090. The van der Waals surface area contributed by atoms with E-state index in [4.69, 9.17) is 0 Å². The van der Waals surface area contributed by atoms with Crippen LogP contribution in [0.25, 0.3) is 5.69 Å². The quantitative estimate of drug-likeness (QED) is 0.676. The van der Waals surface area contributed by atoms with E-state index in [1.807, 2.05) is 57.2 Å². The summed E-state index contributed by atoms with van der Waals surface area (Å²) in [7, 11) is 0. The lowest BCUT2D eigenvalue weighted by atomic mass is 10.1. The van der Waals surface area contributed by atoms with Crippen molar-refractivity contribution in [2.24, 2.45) is 0 Å². The van der Waals surface area contributed by atoms with E-state index >= 15 is 0 Å². The van der Waals surface area contributed by atoms with Crippen LogP contribution in [0.5, 0.6) is 0 Å². The number of hydrogen-bond donors (Lipinski definition) is 1. The first-order chi connectivity index (χ1) is 14.3. The molecule has 0 atom stereocenters. The smallest absolute Gasteiger partial charge is 0.278 e. The first-order valence-corrected chi connectivity index (χ1v) is 9.96. The number of benzene rings is 2. The van der Waals surface area contributed by atoms with Gasteiger partial charge >= 0.3 is 0 Å². The molecule has 7 heteroatoms. The lowest BCUT2D eigenvalue weighted by Gasteiger charge is -2.19. The maximum atomic E-state index is 12.8. The lowest BCUT2D eigenvalue weighted by molar-refractivity contribution is -0.129. The van der Waals surface area contributed by atoms with Crippen LogP contribution < -0.4 is 5.32 Å². The van der Waals surface area contributed by atoms with Crippen LogP contribution in [0.3, 0.4) is 0 Å². The van der Waals surface area contributed by atoms with Crippen LogP contribution in [-0.2, 0) is 11.3 Å². The first kappa shape index (κ1) is 21.2. The fraction of sp³-hybridized carbons (Fsp3) is 0.304. The van der Waals surface area contributed by atoms with Crippen molar-refractivity contribution in [3.63, 3.8) is 0 Å². The monoisotopic (exact) mass is 405 g/mol. The van der Waals surface area contributed by atoms with Crippen LogP contribution >= 0.6 is 0 Å². The zero-order chi connectivity index (χ0) is 21.8. The van der Waals surface area contributed by atoms with E-state index < -0.39 is 0 Å². The molecular formula is C23H27N5O2. The average molecular weight is 406 g/mol. The lowest BCUT2D eigenvalue weighted by Crippen LogP contribution is -2.27. The molecule has 2 aromatic carbocycles. The summed E-state index contributed by atoms with van der Waals surface area (Å²) in [6.45, 7) is 10.4. The first-order valence-electron chi connectivity index (χ1n) is 9.96. The molecule has 1 N–H and O–H groups in total. The third kappa shape index (κ3) is 4.74. The molecule has 0 unspecified atom stereocenters. The summed E-state index contributed by atoms with van der Waals surface area (Å²) < 4.78 is 0. The highest BCUT2D eigenvalue weighted by Gasteiger charge is 2.18. The zero-order valence-electron chi connectivity index (χ0n) is 18.1. The van der Waals surface area contributed by atoms with Gasteiger partial charge in [0.05, 0.1) is 11.4 Å². The van der Waals surface area contributed by atoms with Gasteiger partial charge < -0.3 is 10.2 Å². The summed E-state index contributed by atoms with van der Waals surface area (Å²) in [5, 5.41) is 11.7. The number of carbonyl (C=O) groups excluding carboxylic acids is 2. The van der Waals surface area contributed by atoms with Crippen molar-refractivity contribution in [2.75, 3.05) is 11.9 Å². The second-order valence-corrected chi connectivity index (χ2v) is 7.40. The van der Waals surface area contributed by atoms with Gasteiger partial charge in [-0.15, -0.1) is 5.10 Å². The van der Waals surface area contributed by atoms with E-state index in [9.17, 15) is 9.59 Å². The summed E-state index contributed by atoms with van der Waals surface area (Å²) in [6.07, 6.45) is 0. The Balaban J connectivity index is 1.79. The van der Waals surface area contributed by atoms with Gasteiger partial charge in [0.1, 0.15) is 0 Å². The molecule has 0 fully saturated rings. The van der Waals surface area contributed by atoms with Crippen molar-refractivity contribution in [1.29, 1.82) is 0 Å². The predicted molar refractivity (Wildman–Crippen MR) is 117 cm³/mol. The molecule has 1 aromatic heterocycles. The molecule has 0 bridgehead atoms.